The van der Waals surface area contributed by atoms with E-state index >= 15 is 0 Å². The minimum absolute atomic E-state index is 0.0125. The molecule has 1 aromatic heterocycles. The monoisotopic (exact) mass is 365 g/mol. The molecule has 3 heterocycles. The number of likely N-dealkylation sites (tertiary alicyclic amines) is 1. The van der Waals surface area contributed by atoms with E-state index < -0.39 is 0 Å². The lowest BCUT2D eigenvalue weighted by molar-refractivity contribution is -0.140. The highest BCUT2D eigenvalue weighted by atomic mass is 16.2. The Bertz CT molecular complexity index is 883. The predicted octanol–water partition coefficient (Wildman–Crippen LogP) is 1.87. The van der Waals surface area contributed by atoms with Crippen molar-refractivity contribution in [3.63, 3.8) is 0 Å². The third-order valence-electron chi connectivity index (χ3n) is 6.13. The average molecular weight is 365 g/mol. The van der Waals surface area contributed by atoms with Crippen molar-refractivity contribution in [2.45, 2.75) is 24.3 Å². The van der Waals surface area contributed by atoms with Crippen molar-refractivity contribution in [3.05, 3.63) is 48.3 Å². The Balaban J connectivity index is 1.24. The summed E-state index contributed by atoms with van der Waals surface area (Å²) in [5.74, 6) is 0.244. The van der Waals surface area contributed by atoms with Crippen LogP contribution in [0.5, 0.6) is 0 Å². The molecule has 2 aromatic rings. The van der Waals surface area contributed by atoms with Crippen LogP contribution in [0.3, 0.4) is 0 Å². The molecule has 0 atom stereocenters. The summed E-state index contributed by atoms with van der Waals surface area (Å²) in [4.78, 5) is 30.5. The lowest BCUT2D eigenvalue weighted by Gasteiger charge is -2.41. The van der Waals surface area contributed by atoms with Crippen LogP contribution >= 0.6 is 0 Å². The molecule has 1 aromatic carbocycles. The van der Waals surface area contributed by atoms with Gasteiger partial charge in [-0.25, -0.2) is 4.79 Å². The molecule has 0 bridgehead atoms. The number of benzene rings is 1. The molecule has 3 aliphatic rings. The molecule has 3 amide bonds. The Morgan fingerprint density at radius 2 is 1.89 bits per heavy atom. The fourth-order valence-corrected chi connectivity index (χ4v) is 4.15. The molecule has 0 spiro atoms. The zero-order valence-electron chi connectivity index (χ0n) is 15.4. The van der Waals surface area contributed by atoms with Gasteiger partial charge in [0.25, 0.3) is 0 Å². The van der Waals surface area contributed by atoms with Crippen LogP contribution in [0, 0.1) is 0 Å². The Hall–Kier alpha value is -2.83. The van der Waals surface area contributed by atoms with Gasteiger partial charge in [-0.3, -0.25) is 14.4 Å². The van der Waals surface area contributed by atoms with Crippen LogP contribution in [0.4, 0.5) is 10.5 Å². The number of aromatic nitrogens is 2. The van der Waals surface area contributed by atoms with E-state index in [1.54, 1.807) is 16.0 Å². The van der Waals surface area contributed by atoms with Gasteiger partial charge in [-0.15, -0.1) is 0 Å². The predicted molar refractivity (Wildman–Crippen MR) is 101 cm³/mol. The van der Waals surface area contributed by atoms with Crippen LogP contribution in [-0.2, 0) is 10.2 Å². The fraction of sp³-hybridized carbons (Fsp3) is 0.450. The van der Waals surface area contributed by atoms with E-state index in [1.165, 1.54) is 0 Å². The Kier molecular flexibility index (Phi) is 3.54. The summed E-state index contributed by atoms with van der Waals surface area (Å²) < 4.78 is 1.90. The summed E-state index contributed by atoms with van der Waals surface area (Å²) in [5, 5.41) is 4.44. The van der Waals surface area contributed by atoms with E-state index in [9.17, 15) is 9.59 Å². The first kappa shape index (κ1) is 16.4. The van der Waals surface area contributed by atoms with E-state index in [-0.39, 0.29) is 23.4 Å². The van der Waals surface area contributed by atoms with Gasteiger partial charge in [-0.2, -0.15) is 5.10 Å². The first-order chi connectivity index (χ1) is 13.1. The zero-order chi connectivity index (χ0) is 18.6. The van der Waals surface area contributed by atoms with Crippen molar-refractivity contribution in [1.29, 1.82) is 0 Å². The molecule has 1 aliphatic carbocycles. The van der Waals surface area contributed by atoms with Crippen molar-refractivity contribution in [3.8, 4) is 0 Å². The quantitative estimate of drug-likeness (QED) is 0.831. The molecule has 7 nitrogen and oxygen atoms in total. The second-order valence-corrected chi connectivity index (χ2v) is 7.85. The smallest absolute Gasteiger partial charge is 0.324 e. The van der Waals surface area contributed by atoms with E-state index in [4.69, 9.17) is 0 Å². The van der Waals surface area contributed by atoms with Gasteiger partial charge >= 0.3 is 6.03 Å². The third kappa shape index (κ3) is 2.52. The van der Waals surface area contributed by atoms with E-state index in [0.717, 1.165) is 30.6 Å². The second-order valence-electron chi connectivity index (χ2n) is 7.85. The van der Waals surface area contributed by atoms with Crippen molar-refractivity contribution in [1.82, 2.24) is 19.6 Å². The van der Waals surface area contributed by atoms with Crippen LogP contribution in [-0.4, -0.2) is 64.7 Å². The molecule has 0 unspecified atom stereocenters. The van der Waals surface area contributed by atoms with Gasteiger partial charge in [0.15, 0.2) is 0 Å². The number of hydrogen-bond acceptors (Lipinski definition) is 3. The van der Waals surface area contributed by atoms with Crippen molar-refractivity contribution in [2.75, 3.05) is 38.1 Å². The van der Waals surface area contributed by atoms with Gasteiger partial charge in [-0.05, 0) is 18.4 Å². The van der Waals surface area contributed by atoms with Crippen molar-refractivity contribution < 1.29 is 9.59 Å². The van der Waals surface area contributed by atoms with Crippen molar-refractivity contribution >= 4 is 17.6 Å². The van der Waals surface area contributed by atoms with Crippen molar-refractivity contribution in [2.24, 2.45) is 0 Å². The fourth-order valence-electron chi connectivity index (χ4n) is 4.15. The van der Waals surface area contributed by atoms with E-state index in [1.807, 2.05) is 41.0 Å². The maximum absolute atomic E-state index is 13.0. The normalized spacial score (nSPS) is 21.5. The molecule has 27 heavy (non-hydrogen) atoms. The highest BCUT2D eigenvalue weighted by Crippen LogP contribution is 2.50. The lowest BCUT2D eigenvalue weighted by Crippen LogP contribution is -2.54. The molecule has 0 N–H and O–H groups in total. The maximum Gasteiger partial charge on any atom is 0.324 e. The molecular formula is C20H23N5O2. The molecule has 3 fully saturated rings. The largest absolute Gasteiger partial charge is 0.337 e. The molecule has 140 valence electrons. The number of carbonyl (C=O) groups is 2. The van der Waals surface area contributed by atoms with Gasteiger partial charge in [0.05, 0.1) is 23.3 Å². The van der Waals surface area contributed by atoms with E-state index in [2.05, 4.69) is 17.2 Å². The van der Waals surface area contributed by atoms with E-state index in [0.29, 0.717) is 19.6 Å². The standard InChI is InChI=1S/C20H23N5O2/c1-22-9-10-24(19(22)27)16-11-21-25(14-16)17-12-23(13-17)18(26)20(7-8-20)15-5-3-2-4-6-15/h2-6,11,14,17H,7-10,12-13H2,1H3. The number of anilines is 1. The molecule has 2 saturated heterocycles. The number of likely N-dealkylation sites (N-methyl/N-ethyl adjacent to an activating group) is 1. The van der Waals surface area contributed by atoms with Crippen LogP contribution < -0.4 is 4.90 Å². The van der Waals surface area contributed by atoms with Gasteiger partial charge < -0.3 is 9.80 Å². The SMILES string of the molecule is CN1CCN(c2cnn(C3CN(C(=O)C4(c5ccccc5)CC4)C3)c2)C1=O. The topological polar surface area (TPSA) is 61.7 Å². The molecule has 0 radical (unpaired) electrons. The molecule has 1 saturated carbocycles. The summed E-state index contributed by atoms with van der Waals surface area (Å²) >= 11 is 0. The Morgan fingerprint density at radius 1 is 1.15 bits per heavy atom. The number of rotatable bonds is 4. The van der Waals surface area contributed by atoms with Crippen LogP contribution in [0.15, 0.2) is 42.7 Å². The number of carbonyl (C=O) groups excluding carboxylic acids is 2. The van der Waals surface area contributed by atoms with Crippen LogP contribution in [0.25, 0.3) is 0 Å². The van der Waals surface area contributed by atoms with Gasteiger partial charge in [-0.1, -0.05) is 30.3 Å². The first-order valence-electron chi connectivity index (χ1n) is 9.50. The summed E-state index contributed by atoms with van der Waals surface area (Å²) in [5.41, 5.74) is 1.67. The maximum atomic E-state index is 13.0. The number of urea groups is 1. The van der Waals surface area contributed by atoms with Gasteiger partial charge in [0.1, 0.15) is 0 Å². The minimum atomic E-state index is -0.298. The zero-order valence-corrected chi connectivity index (χ0v) is 15.4. The number of nitrogens with zero attached hydrogens (tertiary/aromatic N) is 5. The highest BCUT2D eigenvalue weighted by Gasteiger charge is 2.54. The van der Waals surface area contributed by atoms with Gasteiger partial charge in [0.2, 0.25) is 5.91 Å². The van der Waals surface area contributed by atoms with Crippen LogP contribution in [0.2, 0.25) is 0 Å². The lowest BCUT2D eigenvalue weighted by atomic mass is 9.92. The van der Waals surface area contributed by atoms with Crippen LogP contribution in [0.1, 0.15) is 24.4 Å². The number of hydrogen-bond donors (Lipinski definition) is 0. The summed E-state index contributed by atoms with van der Waals surface area (Å²) in [6.45, 7) is 2.79. The summed E-state index contributed by atoms with van der Waals surface area (Å²) in [6, 6.07) is 10.3. The average Bonchev–Trinajstić information content (AvgIpc) is 3.23. The minimum Gasteiger partial charge on any atom is -0.337 e. The molecular weight excluding hydrogens is 342 g/mol. The van der Waals surface area contributed by atoms with Gasteiger partial charge in [0, 0.05) is 39.4 Å². The Labute approximate surface area is 158 Å². The number of amides is 3. The summed E-state index contributed by atoms with van der Waals surface area (Å²) in [6.07, 6.45) is 5.54. The Morgan fingerprint density at radius 3 is 2.52 bits per heavy atom. The third-order valence-corrected chi connectivity index (χ3v) is 6.13. The molecule has 7 heteroatoms. The summed E-state index contributed by atoms with van der Waals surface area (Å²) in [7, 11) is 1.81. The molecule has 5 rings (SSSR count). The highest BCUT2D eigenvalue weighted by molar-refractivity contribution is 5.93. The second kappa shape index (κ2) is 5.84. The molecule has 2 aliphatic heterocycles. The first-order valence-corrected chi connectivity index (χ1v) is 9.50.